The van der Waals surface area contributed by atoms with Crippen LogP contribution in [0, 0.1) is 0 Å². The fourth-order valence-electron chi connectivity index (χ4n) is 4.46. The lowest BCUT2D eigenvalue weighted by molar-refractivity contribution is 0.122. The lowest BCUT2D eigenvalue weighted by atomic mass is 10.2. The number of nitrogens with zero attached hydrogens (tertiary/aromatic N) is 7. The fraction of sp³-hybridized carbons (Fsp3) is 0.360. The van der Waals surface area contributed by atoms with E-state index >= 15 is 0 Å². The summed E-state index contributed by atoms with van der Waals surface area (Å²) in [7, 11) is 0. The molecule has 2 aliphatic rings. The minimum atomic E-state index is -2.83. The predicted octanol–water partition coefficient (Wildman–Crippen LogP) is 3.61. The molecule has 4 aromatic rings. The van der Waals surface area contributed by atoms with E-state index in [1.54, 1.807) is 30.3 Å². The van der Waals surface area contributed by atoms with Crippen LogP contribution in [0.2, 0.25) is 0 Å². The molecule has 2 aliphatic heterocycles. The average molecular weight is 510 g/mol. The summed E-state index contributed by atoms with van der Waals surface area (Å²) in [5.74, 6) is 0.421. The molecule has 0 unspecified atom stereocenters. The topological polar surface area (TPSA) is 90.7 Å². The molecule has 0 atom stereocenters. The molecule has 0 saturated carbocycles. The van der Waals surface area contributed by atoms with Gasteiger partial charge in [-0.2, -0.15) is 15.0 Å². The third-order valence-electron chi connectivity index (χ3n) is 6.27. The molecule has 2 saturated heterocycles. The Morgan fingerprint density at radius 3 is 2.22 bits per heavy atom. The first-order chi connectivity index (χ1) is 18.2. The van der Waals surface area contributed by atoms with Crippen LogP contribution in [-0.2, 0) is 9.47 Å². The minimum absolute atomic E-state index is 0.00335. The standard InChI is InChI=1S/C25H25F2N7O3/c26-21(27)22-28-19-6-1-2-7-20(19)34(22)24-29-23(33-10-14-36-15-11-33)30-25(31-24)37-18-5-3-4-17(16-18)32-8-12-35-13-9-32/h1-7,16,21H,8-15H2. The van der Waals surface area contributed by atoms with Crippen molar-refractivity contribution in [2.24, 2.45) is 0 Å². The van der Waals surface area contributed by atoms with Gasteiger partial charge in [-0.3, -0.25) is 4.57 Å². The molecule has 0 radical (unpaired) electrons. The van der Waals surface area contributed by atoms with Crippen LogP contribution < -0.4 is 14.5 Å². The molecule has 4 heterocycles. The first-order valence-electron chi connectivity index (χ1n) is 12.1. The molecule has 0 bridgehead atoms. The number of halogens is 2. The highest BCUT2D eigenvalue weighted by atomic mass is 19.3. The highest BCUT2D eigenvalue weighted by Gasteiger charge is 2.25. The summed E-state index contributed by atoms with van der Waals surface area (Å²) in [6.07, 6.45) is -2.83. The fourth-order valence-corrected chi connectivity index (χ4v) is 4.46. The highest BCUT2D eigenvalue weighted by Crippen LogP contribution is 2.30. The molecule has 2 aromatic heterocycles. The summed E-state index contributed by atoms with van der Waals surface area (Å²) < 4.78 is 46.4. The van der Waals surface area contributed by atoms with Crippen LogP contribution in [0.1, 0.15) is 12.2 Å². The first-order valence-corrected chi connectivity index (χ1v) is 12.1. The van der Waals surface area contributed by atoms with Crippen LogP contribution in [0.5, 0.6) is 11.8 Å². The Kier molecular flexibility index (Phi) is 6.49. The van der Waals surface area contributed by atoms with E-state index in [9.17, 15) is 8.78 Å². The summed E-state index contributed by atoms with van der Waals surface area (Å²) in [5, 5.41) is 0. The predicted molar refractivity (Wildman–Crippen MR) is 132 cm³/mol. The molecule has 6 rings (SSSR count). The summed E-state index contributed by atoms with van der Waals surface area (Å²) >= 11 is 0. The Balaban J connectivity index is 1.42. The number of para-hydroxylation sites is 2. The second-order valence-electron chi connectivity index (χ2n) is 8.61. The number of aromatic nitrogens is 5. The summed E-state index contributed by atoms with van der Waals surface area (Å²) in [6, 6.07) is 14.5. The average Bonchev–Trinajstić information content (AvgIpc) is 3.34. The first kappa shape index (κ1) is 23.5. The van der Waals surface area contributed by atoms with E-state index in [-0.39, 0.29) is 12.0 Å². The van der Waals surface area contributed by atoms with Gasteiger partial charge in [-0.05, 0) is 24.3 Å². The quantitative estimate of drug-likeness (QED) is 0.387. The Bertz CT molecular complexity index is 1390. The van der Waals surface area contributed by atoms with Gasteiger partial charge in [0, 0.05) is 37.9 Å². The van der Waals surface area contributed by atoms with E-state index in [1.807, 2.05) is 23.1 Å². The van der Waals surface area contributed by atoms with Crippen molar-refractivity contribution in [1.29, 1.82) is 0 Å². The molecule has 192 valence electrons. The molecule has 37 heavy (non-hydrogen) atoms. The van der Waals surface area contributed by atoms with Crippen LogP contribution in [-0.4, -0.2) is 77.1 Å². The largest absolute Gasteiger partial charge is 0.424 e. The van der Waals surface area contributed by atoms with Gasteiger partial charge in [0.2, 0.25) is 11.9 Å². The second kappa shape index (κ2) is 10.2. The van der Waals surface area contributed by atoms with Crippen molar-refractivity contribution in [1.82, 2.24) is 24.5 Å². The molecule has 0 spiro atoms. The number of hydrogen-bond acceptors (Lipinski definition) is 9. The number of alkyl halides is 2. The number of hydrogen-bond donors (Lipinski definition) is 0. The number of benzene rings is 2. The maximum Gasteiger partial charge on any atom is 0.328 e. The van der Waals surface area contributed by atoms with E-state index < -0.39 is 12.2 Å². The van der Waals surface area contributed by atoms with Gasteiger partial charge in [0.25, 0.3) is 6.43 Å². The number of rotatable bonds is 6. The van der Waals surface area contributed by atoms with Crippen molar-refractivity contribution in [3.63, 3.8) is 0 Å². The SMILES string of the molecule is FC(F)c1nc2ccccc2n1-c1nc(Oc2cccc(N3CCOCC3)c2)nc(N2CCOCC2)n1. The molecule has 0 aliphatic carbocycles. The maximum absolute atomic E-state index is 14.0. The number of morpholine rings is 2. The smallest absolute Gasteiger partial charge is 0.328 e. The summed E-state index contributed by atoms with van der Waals surface area (Å²) in [6.45, 7) is 5.02. The maximum atomic E-state index is 14.0. The third-order valence-corrected chi connectivity index (χ3v) is 6.27. The van der Waals surface area contributed by atoms with Crippen LogP contribution in [0.15, 0.2) is 48.5 Å². The Hall–Kier alpha value is -3.90. The van der Waals surface area contributed by atoms with Gasteiger partial charge in [0.05, 0.1) is 37.5 Å². The molecule has 2 aromatic carbocycles. The molecular formula is C25H25F2N7O3. The van der Waals surface area contributed by atoms with Crippen molar-refractivity contribution in [3.8, 4) is 17.7 Å². The normalized spacial score (nSPS) is 16.5. The van der Waals surface area contributed by atoms with Crippen molar-refractivity contribution in [2.45, 2.75) is 6.43 Å². The monoisotopic (exact) mass is 509 g/mol. The third kappa shape index (κ3) is 4.89. The van der Waals surface area contributed by atoms with Crippen LogP contribution in [0.4, 0.5) is 20.4 Å². The van der Waals surface area contributed by atoms with Gasteiger partial charge in [-0.1, -0.05) is 18.2 Å². The highest BCUT2D eigenvalue weighted by molar-refractivity contribution is 5.77. The number of fused-ring (bicyclic) bond motifs is 1. The molecular weight excluding hydrogens is 484 g/mol. The van der Waals surface area contributed by atoms with Crippen molar-refractivity contribution >= 4 is 22.7 Å². The second-order valence-corrected chi connectivity index (χ2v) is 8.61. The van der Waals surface area contributed by atoms with Gasteiger partial charge in [-0.25, -0.2) is 13.8 Å². The van der Waals surface area contributed by atoms with Gasteiger partial charge in [0.1, 0.15) is 5.75 Å². The number of ether oxygens (including phenoxy) is 3. The van der Waals surface area contributed by atoms with E-state index in [1.165, 1.54) is 4.57 Å². The Morgan fingerprint density at radius 1 is 0.757 bits per heavy atom. The van der Waals surface area contributed by atoms with Crippen LogP contribution in [0.3, 0.4) is 0 Å². The lowest BCUT2D eigenvalue weighted by Crippen LogP contribution is -2.37. The Labute approximate surface area is 211 Å². The molecule has 12 heteroatoms. The Morgan fingerprint density at radius 2 is 1.46 bits per heavy atom. The van der Waals surface area contributed by atoms with Crippen molar-refractivity contribution in [2.75, 3.05) is 62.4 Å². The zero-order chi connectivity index (χ0) is 25.2. The van der Waals surface area contributed by atoms with E-state index in [4.69, 9.17) is 14.2 Å². The zero-order valence-electron chi connectivity index (χ0n) is 20.0. The zero-order valence-corrected chi connectivity index (χ0v) is 20.0. The summed E-state index contributed by atoms with van der Waals surface area (Å²) in [5.41, 5.74) is 1.88. The van der Waals surface area contributed by atoms with Crippen LogP contribution >= 0.6 is 0 Å². The van der Waals surface area contributed by atoms with Gasteiger partial charge < -0.3 is 24.0 Å². The summed E-state index contributed by atoms with van der Waals surface area (Å²) in [4.78, 5) is 21.8. The molecule has 0 N–H and O–H groups in total. The van der Waals surface area contributed by atoms with Crippen LogP contribution in [0.25, 0.3) is 17.0 Å². The molecule has 0 amide bonds. The van der Waals surface area contributed by atoms with Gasteiger partial charge in [0.15, 0.2) is 5.82 Å². The van der Waals surface area contributed by atoms with Gasteiger partial charge in [-0.15, -0.1) is 0 Å². The minimum Gasteiger partial charge on any atom is -0.424 e. The van der Waals surface area contributed by atoms with Gasteiger partial charge >= 0.3 is 6.01 Å². The molecule has 2 fully saturated rings. The number of anilines is 2. The lowest BCUT2D eigenvalue weighted by Gasteiger charge is -2.29. The molecule has 10 nitrogen and oxygen atoms in total. The van der Waals surface area contributed by atoms with E-state index in [2.05, 4.69) is 24.8 Å². The number of imidazole rings is 1. The van der Waals surface area contributed by atoms with Crippen molar-refractivity contribution in [3.05, 3.63) is 54.4 Å². The van der Waals surface area contributed by atoms with Crippen molar-refractivity contribution < 1.29 is 23.0 Å². The van der Waals surface area contributed by atoms with E-state index in [0.717, 1.165) is 18.8 Å². The van der Waals surface area contributed by atoms with E-state index in [0.29, 0.717) is 62.2 Å².